The number of benzene rings is 2. The molecule has 0 fully saturated rings. The zero-order chi connectivity index (χ0) is 13.7. The van der Waals surface area contributed by atoms with Gasteiger partial charge in [-0.25, -0.2) is 0 Å². The van der Waals surface area contributed by atoms with Crippen LogP contribution in [-0.4, -0.2) is 25.9 Å². The van der Waals surface area contributed by atoms with Gasteiger partial charge in [0.1, 0.15) is 6.61 Å². The zero-order valence-corrected chi connectivity index (χ0v) is 10.2. The van der Waals surface area contributed by atoms with Gasteiger partial charge in [0.05, 0.1) is 6.61 Å². The Labute approximate surface area is 109 Å². The van der Waals surface area contributed by atoms with Gasteiger partial charge in [0.2, 0.25) is 0 Å². The summed E-state index contributed by atoms with van der Waals surface area (Å²) in [5, 5.41) is 5.21. The smallest absolute Gasteiger partial charge is 0.382 e. The third-order valence-electron chi connectivity index (χ3n) is 2.62. The fourth-order valence-electron chi connectivity index (χ4n) is 1.83. The number of anilines is 1. The average molecular weight is 269 g/mol. The van der Waals surface area contributed by atoms with E-state index in [1.54, 1.807) is 0 Å². The lowest BCUT2D eigenvalue weighted by Crippen LogP contribution is -2.20. The molecular weight excluding hydrogens is 255 g/mol. The van der Waals surface area contributed by atoms with Crippen LogP contribution >= 0.6 is 0 Å². The fourth-order valence-corrected chi connectivity index (χ4v) is 1.83. The molecule has 19 heavy (non-hydrogen) atoms. The van der Waals surface area contributed by atoms with Gasteiger partial charge in [-0.15, -0.1) is 0 Å². The van der Waals surface area contributed by atoms with Gasteiger partial charge < -0.3 is 10.1 Å². The Kier molecular flexibility index (Phi) is 4.27. The number of nitrogens with one attached hydrogen (secondary N) is 1. The Balaban J connectivity index is 1.88. The van der Waals surface area contributed by atoms with Gasteiger partial charge in [0.25, 0.3) is 0 Å². The first-order chi connectivity index (χ1) is 9.06. The fraction of sp³-hybridized carbons (Fsp3) is 0.286. The van der Waals surface area contributed by atoms with E-state index >= 15 is 0 Å². The molecule has 0 radical (unpaired) electrons. The molecule has 0 spiro atoms. The number of halogens is 3. The molecule has 0 saturated carbocycles. The van der Waals surface area contributed by atoms with Crippen LogP contribution in [0.25, 0.3) is 10.8 Å². The van der Waals surface area contributed by atoms with Gasteiger partial charge >= 0.3 is 6.18 Å². The number of rotatable bonds is 5. The minimum absolute atomic E-state index is 0.0166. The second-order valence-corrected chi connectivity index (χ2v) is 4.12. The lowest BCUT2D eigenvalue weighted by atomic mass is 10.1. The quantitative estimate of drug-likeness (QED) is 0.833. The van der Waals surface area contributed by atoms with Gasteiger partial charge in [-0.3, -0.25) is 0 Å². The molecule has 0 aliphatic rings. The molecule has 0 heterocycles. The minimum Gasteiger partial charge on any atom is -0.382 e. The highest BCUT2D eigenvalue weighted by Crippen LogP contribution is 2.22. The highest BCUT2D eigenvalue weighted by Gasteiger charge is 2.27. The molecule has 0 unspecified atom stereocenters. The topological polar surface area (TPSA) is 21.3 Å². The van der Waals surface area contributed by atoms with Crippen LogP contribution in [0.3, 0.4) is 0 Å². The first-order valence-electron chi connectivity index (χ1n) is 5.92. The molecular formula is C14H14F3NO. The Bertz CT molecular complexity index is 534. The van der Waals surface area contributed by atoms with Crippen molar-refractivity contribution in [2.75, 3.05) is 25.1 Å². The Hall–Kier alpha value is -1.75. The summed E-state index contributed by atoms with van der Waals surface area (Å²) in [5.41, 5.74) is 0.897. The summed E-state index contributed by atoms with van der Waals surface area (Å²) in [7, 11) is 0. The third kappa shape index (κ3) is 4.13. The predicted octanol–water partition coefficient (Wildman–Crippen LogP) is 3.83. The molecule has 102 valence electrons. The molecule has 2 rings (SSSR count). The molecule has 0 aliphatic heterocycles. The van der Waals surface area contributed by atoms with Crippen LogP contribution in [0.5, 0.6) is 0 Å². The SMILES string of the molecule is FC(F)(F)COCCNc1cccc2ccccc12. The summed E-state index contributed by atoms with van der Waals surface area (Å²) in [6.07, 6.45) is -4.26. The number of hydrogen-bond donors (Lipinski definition) is 1. The molecule has 0 saturated heterocycles. The van der Waals surface area contributed by atoms with Gasteiger partial charge in [0, 0.05) is 17.6 Å². The molecule has 0 amide bonds. The Morgan fingerprint density at radius 2 is 1.74 bits per heavy atom. The number of fused-ring (bicyclic) bond motifs is 1. The third-order valence-corrected chi connectivity index (χ3v) is 2.62. The van der Waals surface area contributed by atoms with E-state index < -0.39 is 12.8 Å². The van der Waals surface area contributed by atoms with E-state index in [1.165, 1.54) is 0 Å². The van der Waals surface area contributed by atoms with Crippen LogP contribution < -0.4 is 5.32 Å². The van der Waals surface area contributed by atoms with E-state index in [4.69, 9.17) is 0 Å². The van der Waals surface area contributed by atoms with Crippen molar-refractivity contribution in [2.24, 2.45) is 0 Å². The average Bonchev–Trinajstić information content (AvgIpc) is 2.37. The standard InChI is InChI=1S/C14H14F3NO/c15-14(16,17)10-19-9-8-18-13-7-3-5-11-4-1-2-6-12(11)13/h1-7,18H,8-10H2. The van der Waals surface area contributed by atoms with E-state index in [-0.39, 0.29) is 6.61 Å². The molecule has 5 heteroatoms. The first kappa shape index (κ1) is 13.7. The summed E-state index contributed by atoms with van der Waals surface area (Å²) in [4.78, 5) is 0. The van der Waals surface area contributed by atoms with Crippen molar-refractivity contribution in [1.29, 1.82) is 0 Å². The maximum atomic E-state index is 11.9. The van der Waals surface area contributed by atoms with E-state index in [9.17, 15) is 13.2 Å². The maximum Gasteiger partial charge on any atom is 0.411 e. The number of ether oxygens (including phenoxy) is 1. The Morgan fingerprint density at radius 3 is 2.53 bits per heavy atom. The maximum absolute atomic E-state index is 11.9. The largest absolute Gasteiger partial charge is 0.411 e. The summed E-state index contributed by atoms with van der Waals surface area (Å²) in [5.74, 6) is 0. The molecule has 0 bridgehead atoms. The van der Waals surface area contributed by atoms with Gasteiger partial charge in [0.15, 0.2) is 0 Å². The van der Waals surface area contributed by atoms with Crippen molar-refractivity contribution in [3.8, 4) is 0 Å². The second-order valence-electron chi connectivity index (χ2n) is 4.12. The minimum atomic E-state index is -4.26. The summed E-state index contributed by atoms with van der Waals surface area (Å²) in [6, 6.07) is 13.6. The van der Waals surface area contributed by atoms with Crippen molar-refractivity contribution in [1.82, 2.24) is 0 Å². The molecule has 1 N–H and O–H groups in total. The first-order valence-corrected chi connectivity index (χ1v) is 5.92. The molecule has 0 aliphatic carbocycles. The van der Waals surface area contributed by atoms with E-state index in [1.807, 2.05) is 42.5 Å². The zero-order valence-electron chi connectivity index (χ0n) is 10.2. The highest BCUT2D eigenvalue weighted by atomic mass is 19.4. The van der Waals surface area contributed by atoms with Gasteiger partial charge in [-0.2, -0.15) is 13.2 Å². The van der Waals surface area contributed by atoms with Crippen molar-refractivity contribution in [2.45, 2.75) is 6.18 Å². The van der Waals surface area contributed by atoms with E-state index in [0.29, 0.717) is 6.54 Å². The summed E-state index contributed by atoms with van der Waals surface area (Å²) >= 11 is 0. The van der Waals surface area contributed by atoms with E-state index in [0.717, 1.165) is 16.5 Å². The summed E-state index contributed by atoms with van der Waals surface area (Å²) in [6.45, 7) is -0.850. The number of alkyl halides is 3. The lowest BCUT2D eigenvalue weighted by Gasteiger charge is -2.11. The second kappa shape index (κ2) is 5.93. The van der Waals surface area contributed by atoms with Crippen LogP contribution in [0.2, 0.25) is 0 Å². The van der Waals surface area contributed by atoms with Gasteiger partial charge in [-0.05, 0) is 11.5 Å². The van der Waals surface area contributed by atoms with Crippen LogP contribution in [0.15, 0.2) is 42.5 Å². The monoisotopic (exact) mass is 269 g/mol. The van der Waals surface area contributed by atoms with Gasteiger partial charge in [-0.1, -0.05) is 36.4 Å². The van der Waals surface area contributed by atoms with Crippen LogP contribution in [0, 0.1) is 0 Å². The van der Waals surface area contributed by atoms with Crippen molar-refractivity contribution in [3.63, 3.8) is 0 Å². The van der Waals surface area contributed by atoms with Crippen LogP contribution in [0.4, 0.5) is 18.9 Å². The molecule has 2 aromatic carbocycles. The molecule has 0 atom stereocenters. The van der Waals surface area contributed by atoms with Crippen molar-refractivity contribution >= 4 is 16.5 Å². The van der Waals surface area contributed by atoms with Crippen molar-refractivity contribution < 1.29 is 17.9 Å². The summed E-state index contributed by atoms with van der Waals surface area (Å²) < 4.78 is 40.2. The van der Waals surface area contributed by atoms with Crippen molar-refractivity contribution in [3.05, 3.63) is 42.5 Å². The molecule has 2 nitrogen and oxygen atoms in total. The Morgan fingerprint density at radius 1 is 1.00 bits per heavy atom. The highest BCUT2D eigenvalue weighted by molar-refractivity contribution is 5.93. The van der Waals surface area contributed by atoms with E-state index in [2.05, 4.69) is 10.1 Å². The molecule has 2 aromatic rings. The van der Waals surface area contributed by atoms with Crippen LogP contribution in [-0.2, 0) is 4.74 Å². The normalized spacial score (nSPS) is 11.7. The lowest BCUT2D eigenvalue weighted by molar-refractivity contribution is -0.172. The molecule has 0 aromatic heterocycles. The predicted molar refractivity (Wildman–Crippen MR) is 69.3 cm³/mol. The number of hydrogen-bond acceptors (Lipinski definition) is 2. The van der Waals surface area contributed by atoms with Crippen LogP contribution in [0.1, 0.15) is 0 Å².